The van der Waals surface area contributed by atoms with Crippen LogP contribution < -0.4 is 4.31 Å². The first kappa shape index (κ1) is 19.6. The van der Waals surface area contributed by atoms with Crippen molar-refractivity contribution in [1.82, 2.24) is 0 Å². The number of benzene rings is 3. The third-order valence-electron chi connectivity index (χ3n) is 4.18. The maximum absolute atomic E-state index is 13.7. The van der Waals surface area contributed by atoms with Gasteiger partial charge in [0, 0.05) is 12.6 Å². The molecule has 0 atom stereocenters. The molecule has 0 saturated heterocycles. The summed E-state index contributed by atoms with van der Waals surface area (Å²) >= 11 is 0. The van der Waals surface area contributed by atoms with Crippen LogP contribution in [0.5, 0.6) is 0 Å². The molecule has 0 bridgehead atoms. The molecule has 0 saturated carbocycles. The fraction of sp³-hybridized carbons (Fsp3) is 0.0952. The molecule has 0 aromatic heterocycles. The predicted molar refractivity (Wildman–Crippen MR) is 104 cm³/mol. The van der Waals surface area contributed by atoms with Crippen molar-refractivity contribution in [1.29, 1.82) is 0 Å². The molecular formula is C21H18FNO4S. The predicted octanol–water partition coefficient (Wildman–Crippen LogP) is 4.01. The van der Waals surface area contributed by atoms with Crippen LogP contribution in [0, 0.1) is 5.82 Å². The standard InChI is InChI=1S/C21H18FNO4S/c1-23(17-10-3-2-4-11-17)28(25,26)20-14-8-6-12-18(20)21(24)27-15-16-9-5-7-13-19(16)22/h2-14H,15H2,1H3. The Kier molecular flexibility index (Phi) is 5.75. The van der Waals surface area contributed by atoms with Gasteiger partial charge in [0.2, 0.25) is 0 Å². The van der Waals surface area contributed by atoms with Crippen LogP contribution in [0.3, 0.4) is 0 Å². The molecule has 0 aliphatic rings. The van der Waals surface area contributed by atoms with E-state index in [0.29, 0.717) is 5.69 Å². The van der Waals surface area contributed by atoms with E-state index < -0.39 is 21.8 Å². The van der Waals surface area contributed by atoms with Crippen molar-refractivity contribution in [2.75, 3.05) is 11.4 Å². The van der Waals surface area contributed by atoms with Crippen LogP contribution in [-0.2, 0) is 21.4 Å². The number of rotatable bonds is 6. The Morgan fingerprint density at radius 2 is 1.54 bits per heavy atom. The van der Waals surface area contributed by atoms with E-state index in [1.165, 1.54) is 43.4 Å². The van der Waals surface area contributed by atoms with Gasteiger partial charge < -0.3 is 4.74 Å². The van der Waals surface area contributed by atoms with Gasteiger partial charge in [-0.05, 0) is 30.3 Å². The van der Waals surface area contributed by atoms with Gasteiger partial charge in [0.05, 0.1) is 11.3 Å². The molecule has 5 nitrogen and oxygen atoms in total. The van der Waals surface area contributed by atoms with Crippen molar-refractivity contribution < 1.29 is 22.3 Å². The van der Waals surface area contributed by atoms with Crippen molar-refractivity contribution >= 4 is 21.7 Å². The van der Waals surface area contributed by atoms with Crippen LogP contribution in [0.25, 0.3) is 0 Å². The third-order valence-corrected chi connectivity index (χ3v) is 6.03. The van der Waals surface area contributed by atoms with Crippen LogP contribution >= 0.6 is 0 Å². The molecule has 3 aromatic rings. The average Bonchev–Trinajstić information content (AvgIpc) is 2.73. The van der Waals surface area contributed by atoms with Crippen molar-refractivity contribution in [2.45, 2.75) is 11.5 Å². The third kappa shape index (κ3) is 4.04. The summed E-state index contributed by atoms with van der Waals surface area (Å²) in [6.07, 6.45) is 0. The monoisotopic (exact) mass is 399 g/mol. The summed E-state index contributed by atoms with van der Waals surface area (Å²) in [5, 5.41) is 0. The van der Waals surface area contributed by atoms with Gasteiger partial charge in [0.25, 0.3) is 10.0 Å². The molecule has 0 heterocycles. The molecule has 0 spiro atoms. The van der Waals surface area contributed by atoms with Crippen molar-refractivity contribution in [2.24, 2.45) is 0 Å². The van der Waals surface area contributed by atoms with Gasteiger partial charge in [-0.2, -0.15) is 0 Å². The molecule has 28 heavy (non-hydrogen) atoms. The molecule has 0 amide bonds. The lowest BCUT2D eigenvalue weighted by atomic mass is 10.2. The Labute approximate surface area is 163 Å². The zero-order valence-corrected chi connectivity index (χ0v) is 15.9. The van der Waals surface area contributed by atoms with Crippen LogP contribution in [0.15, 0.2) is 83.8 Å². The van der Waals surface area contributed by atoms with Gasteiger partial charge in [-0.15, -0.1) is 0 Å². The summed E-state index contributed by atoms with van der Waals surface area (Å²) in [4.78, 5) is 12.3. The minimum Gasteiger partial charge on any atom is -0.457 e. The van der Waals surface area contributed by atoms with Gasteiger partial charge in [0.1, 0.15) is 17.3 Å². The molecule has 3 rings (SSSR count). The number of para-hydroxylation sites is 1. The van der Waals surface area contributed by atoms with E-state index in [0.717, 1.165) is 4.31 Å². The van der Waals surface area contributed by atoms with Gasteiger partial charge in [-0.3, -0.25) is 4.31 Å². The SMILES string of the molecule is CN(c1ccccc1)S(=O)(=O)c1ccccc1C(=O)OCc1ccccc1F. The number of halogens is 1. The first-order valence-corrected chi connectivity index (χ1v) is 9.89. The maximum atomic E-state index is 13.7. The Morgan fingerprint density at radius 1 is 0.929 bits per heavy atom. The zero-order chi connectivity index (χ0) is 20.1. The largest absolute Gasteiger partial charge is 0.457 e. The van der Waals surface area contributed by atoms with Gasteiger partial charge >= 0.3 is 5.97 Å². The van der Waals surface area contributed by atoms with Crippen LogP contribution in [0.2, 0.25) is 0 Å². The van der Waals surface area contributed by atoms with E-state index in [9.17, 15) is 17.6 Å². The number of anilines is 1. The van der Waals surface area contributed by atoms with Crippen LogP contribution in [0.1, 0.15) is 15.9 Å². The van der Waals surface area contributed by atoms with Crippen molar-refractivity contribution in [3.63, 3.8) is 0 Å². The highest BCUT2D eigenvalue weighted by Crippen LogP contribution is 2.25. The number of esters is 1. The normalized spacial score (nSPS) is 11.1. The summed E-state index contributed by atoms with van der Waals surface area (Å²) < 4.78 is 46.0. The lowest BCUT2D eigenvalue weighted by molar-refractivity contribution is 0.0464. The highest BCUT2D eigenvalue weighted by molar-refractivity contribution is 7.92. The molecule has 0 unspecified atom stereocenters. The molecular weight excluding hydrogens is 381 g/mol. The fourth-order valence-electron chi connectivity index (χ4n) is 2.62. The van der Waals surface area contributed by atoms with Gasteiger partial charge in [0.15, 0.2) is 0 Å². The number of carbonyl (C=O) groups is 1. The second-order valence-corrected chi connectivity index (χ2v) is 7.91. The summed E-state index contributed by atoms with van der Waals surface area (Å²) in [5.41, 5.74) is 0.552. The quantitative estimate of drug-likeness (QED) is 0.588. The minimum absolute atomic E-state index is 0.110. The molecule has 0 aliphatic heterocycles. The number of sulfonamides is 1. The Hall–Kier alpha value is -3.19. The van der Waals surface area contributed by atoms with Gasteiger partial charge in [-0.1, -0.05) is 48.5 Å². The van der Waals surface area contributed by atoms with Crippen LogP contribution in [-0.4, -0.2) is 21.4 Å². The second kappa shape index (κ2) is 8.22. The fourth-order valence-corrected chi connectivity index (χ4v) is 4.00. The molecule has 0 aliphatic carbocycles. The highest BCUT2D eigenvalue weighted by atomic mass is 32.2. The molecule has 3 aromatic carbocycles. The molecule has 0 fully saturated rings. The minimum atomic E-state index is -4.00. The van der Waals surface area contributed by atoms with E-state index in [1.54, 1.807) is 42.5 Å². The van der Waals surface area contributed by atoms with Crippen molar-refractivity contribution in [3.05, 3.63) is 95.8 Å². The van der Waals surface area contributed by atoms with Crippen molar-refractivity contribution in [3.8, 4) is 0 Å². The number of hydrogen-bond donors (Lipinski definition) is 0. The molecule has 0 radical (unpaired) electrons. The average molecular weight is 399 g/mol. The van der Waals surface area contributed by atoms with E-state index in [2.05, 4.69) is 0 Å². The Balaban J connectivity index is 1.88. The second-order valence-electron chi connectivity index (χ2n) is 5.97. The van der Waals surface area contributed by atoms with E-state index in [-0.39, 0.29) is 22.6 Å². The smallest absolute Gasteiger partial charge is 0.339 e. The number of ether oxygens (including phenoxy) is 1. The van der Waals surface area contributed by atoms with E-state index >= 15 is 0 Å². The summed E-state index contributed by atoms with van der Waals surface area (Å²) in [6, 6.07) is 20.2. The number of hydrogen-bond acceptors (Lipinski definition) is 4. The number of nitrogens with zero attached hydrogens (tertiary/aromatic N) is 1. The van der Waals surface area contributed by atoms with E-state index in [4.69, 9.17) is 4.74 Å². The lowest BCUT2D eigenvalue weighted by Gasteiger charge is -2.20. The number of carbonyl (C=O) groups excluding carboxylic acids is 1. The highest BCUT2D eigenvalue weighted by Gasteiger charge is 2.27. The Morgan fingerprint density at radius 3 is 2.25 bits per heavy atom. The summed E-state index contributed by atoms with van der Waals surface area (Å²) in [5.74, 6) is -1.34. The van der Waals surface area contributed by atoms with Crippen LogP contribution in [0.4, 0.5) is 10.1 Å². The first-order chi connectivity index (χ1) is 13.4. The lowest BCUT2D eigenvalue weighted by Crippen LogP contribution is -2.28. The first-order valence-electron chi connectivity index (χ1n) is 8.45. The topological polar surface area (TPSA) is 63.7 Å². The maximum Gasteiger partial charge on any atom is 0.339 e. The molecule has 0 N–H and O–H groups in total. The summed E-state index contributed by atoms with van der Waals surface area (Å²) in [7, 11) is -2.59. The summed E-state index contributed by atoms with van der Waals surface area (Å²) in [6.45, 7) is -0.297. The van der Waals surface area contributed by atoms with E-state index in [1.807, 2.05) is 0 Å². The molecule has 144 valence electrons. The molecule has 7 heteroatoms. The zero-order valence-electron chi connectivity index (χ0n) is 15.1. The van der Waals surface area contributed by atoms with Gasteiger partial charge in [-0.25, -0.2) is 17.6 Å². The Bertz CT molecular complexity index is 1080.